The summed E-state index contributed by atoms with van der Waals surface area (Å²) in [6.45, 7) is 5.97. The van der Waals surface area contributed by atoms with E-state index in [1.165, 1.54) is 11.1 Å². The molecule has 5 heteroatoms. The molecule has 5 nitrogen and oxygen atoms in total. The largest absolute Gasteiger partial charge is 0.466 e. The average molecular weight is 375 g/mol. The number of ether oxygens (including phenoxy) is 1. The zero-order valence-electron chi connectivity index (χ0n) is 16.4. The van der Waals surface area contributed by atoms with Crippen molar-refractivity contribution in [2.45, 2.75) is 26.7 Å². The summed E-state index contributed by atoms with van der Waals surface area (Å²) in [7, 11) is 0. The average Bonchev–Trinajstić information content (AvgIpc) is 2.73. The van der Waals surface area contributed by atoms with Crippen molar-refractivity contribution in [1.82, 2.24) is 9.97 Å². The predicted octanol–water partition coefficient (Wildman–Crippen LogP) is 4.38. The van der Waals surface area contributed by atoms with E-state index in [4.69, 9.17) is 9.72 Å². The first-order chi connectivity index (χ1) is 13.6. The van der Waals surface area contributed by atoms with Gasteiger partial charge in [-0.3, -0.25) is 9.78 Å². The summed E-state index contributed by atoms with van der Waals surface area (Å²) >= 11 is 0. The monoisotopic (exact) mass is 375 g/mol. The van der Waals surface area contributed by atoms with Crippen LogP contribution in [0, 0.1) is 12.8 Å². The second-order valence-electron chi connectivity index (χ2n) is 7.28. The third-order valence-corrected chi connectivity index (χ3v) is 5.34. The first-order valence-electron chi connectivity index (χ1n) is 9.89. The summed E-state index contributed by atoms with van der Waals surface area (Å²) in [5, 5.41) is 1.12. The molecule has 1 aromatic carbocycles. The lowest BCUT2D eigenvalue weighted by molar-refractivity contribution is -0.148. The maximum absolute atomic E-state index is 11.9. The molecule has 3 aromatic rings. The first-order valence-corrected chi connectivity index (χ1v) is 9.89. The van der Waals surface area contributed by atoms with Gasteiger partial charge in [0.15, 0.2) is 0 Å². The molecule has 0 atom stereocenters. The van der Waals surface area contributed by atoms with Crippen LogP contribution in [0.3, 0.4) is 0 Å². The Bertz CT molecular complexity index is 994. The van der Waals surface area contributed by atoms with Crippen molar-refractivity contribution in [3.63, 3.8) is 0 Å². The van der Waals surface area contributed by atoms with E-state index in [0.29, 0.717) is 6.61 Å². The number of aryl methyl sites for hydroxylation is 1. The van der Waals surface area contributed by atoms with Crippen LogP contribution in [0.5, 0.6) is 0 Å². The Labute approximate surface area is 165 Å². The van der Waals surface area contributed by atoms with Gasteiger partial charge in [-0.2, -0.15) is 0 Å². The molecule has 0 unspecified atom stereocenters. The number of carbonyl (C=O) groups excluding carboxylic acids is 1. The predicted molar refractivity (Wildman–Crippen MR) is 111 cm³/mol. The van der Waals surface area contributed by atoms with Crippen LogP contribution >= 0.6 is 0 Å². The zero-order chi connectivity index (χ0) is 19.5. The zero-order valence-corrected chi connectivity index (χ0v) is 16.4. The maximum Gasteiger partial charge on any atom is 0.309 e. The fourth-order valence-corrected chi connectivity index (χ4v) is 3.80. The summed E-state index contributed by atoms with van der Waals surface area (Å²) in [6.07, 6.45) is 3.48. The minimum Gasteiger partial charge on any atom is -0.466 e. The molecule has 0 radical (unpaired) electrons. The fraction of sp³-hybridized carbons (Fsp3) is 0.348. The van der Waals surface area contributed by atoms with Crippen LogP contribution in [0.2, 0.25) is 0 Å². The molecule has 1 aliphatic heterocycles. The van der Waals surface area contributed by atoms with Gasteiger partial charge in [-0.25, -0.2) is 4.98 Å². The van der Waals surface area contributed by atoms with Gasteiger partial charge >= 0.3 is 5.97 Å². The number of pyridine rings is 2. The Morgan fingerprint density at radius 1 is 1.11 bits per heavy atom. The molecule has 1 aliphatic rings. The second kappa shape index (κ2) is 7.97. The van der Waals surface area contributed by atoms with Crippen LogP contribution in [-0.4, -0.2) is 35.6 Å². The van der Waals surface area contributed by atoms with E-state index in [0.717, 1.165) is 48.3 Å². The quantitative estimate of drug-likeness (QED) is 0.633. The van der Waals surface area contributed by atoms with Crippen molar-refractivity contribution in [1.29, 1.82) is 0 Å². The van der Waals surface area contributed by atoms with E-state index < -0.39 is 0 Å². The lowest BCUT2D eigenvalue weighted by atomic mass is 9.97. The van der Waals surface area contributed by atoms with Crippen LogP contribution in [0.4, 0.5) is 5.82 Å². The summed E-state index contributed by atoms with van der Waals surface area (Å²) in [6, 6.07) is 14.7. The smallest absolute Gasteiger partial charge is 0.309 e. The third-order valence-electron chi connectivity index (χ3n) is 5.34. The molecule has 3 heterocycles. The highest BCUT2D eigenvalue weighted by molar-refractivity contribution is 5.85. The van der Waals surface area contributed by atoms with Gasteiger partial charge in [-0.15, -0.1) is 0 Å². The van der Waals surface area contributed by atoms with Gasteiger partial charge < -0.3 is 9.64 Å². The minimum absolute atomic E-state index is 0.0167. The summed E-state index contributed by atoms with van der Waals surface area (Å²) < 4.78 is 5.16. The molecule has 0 N–H and O–H groups in total. The lowest BCUT2D eigenvalue weighted by Crippen LogP contribution is -2.37. The molecule has 4 rings (SSSR count). The normalized spacial score (nSPS) is 15.0. The molecule has 0 amide bonds. The Balaban J connectivity index is 1.51. The molecular weight excluding hydrogens is 350 g/mol. The van der Waals surface area contributed by atoms with Gasteiger partial charge in [-0.1, -0.05) is 6.07 Å². The van der Waals surface area contributed by atoms with E-state index in [2.05, 4.69) is 46.3 Å². The van der Waals surface area contributed by atoms with Crippen molar-refractivity contribution >= 4 is 22.7 Å². The number of nitrogens with zero attached hydrogens (tertiary/aromatic N) is 3. The van der Waals surface area contributed by atoms with Crippen LogP contribution in [0.1, 0.15) is 25.5 Å². The van der Waals surface area contributed by atoms with Crippen LogP contribution in [0.15, 0.2) is 48.7 Å². The minimum atomic E-state index is -0.0625. The van der Waals surface area contributed by atoms with E-state index in [-0.39, 0.29) is 11.9 Å². The first kappa shape index (κ1) is 18.4. The van der Waals surface area contributed by atoms with Gasteiger partial charge in [-0.05, 0) is 74.2 Å². The number of fused-ring (bicyclic) bond motifs is 1. The van der Waals surface area contributed by atoms with Gasteiger partial charge in [0.1, 0.15) is 5.82 Å². The lowest BCUT2D eigenvalue weighted by Gasteiger charge is -2.31. The molecule has 0 bridgehead atoms. The van der Waals surface area contributed by atoms with E-state index >= 15 is 0 Å². The van der Waals surface area contributed by atoms with Crippen molar-refractivity contribution in [3.05, 3.63) is 54.4 Å². The topological polar surface area (TPSA) is 55.3 Å². The van der Waals surface area contributed by atoms with Crippen molar-refractivity contribution in [3.8, 4) is 11.1 Å². The molecule has 144 valence electrons. The highest BCUT2D eigenvalue weighted by Gasteiger charge is 2.26. The van der Waals surface area contributed by atoms with Gasteiger partial charge in [0.25, 0.3) is 0 Å². The standard InChI is InChI=1S/C23H25N3O2/c1-3-28-23(27)17-9-12-26(13-10-17)22-7-5-20-15-18(4-6-21(20)25-22)19-8-11-24-16(2)14-19/h4-8,11,14-15,17H,3,9-10,12-13H2,1-2H3. The number of benzene rings is 1. The summed E-state index contributed by atoms with van der Waals surface area (Å²) in [5.74, 6) is 0.929. The number of rotatable bonds is 4. The summed E-state index contributed by atoms with van der Waals surface area (Å²) in [5.41, 5.74) is 4.33. The molecule has 1 fully saturated rings. The van der Waals surface area contributed by atoms with Crippen molar-refractivity contribution in [2.24, 2.45) is 5.92 Å². The van der Waals surface area contributed by atoms with E-state index in [9.17, 15) is 4.79 Å². The molecular formula is C23H25N3O2. The van der Waals surface area contributed by atoms with Crippen molar-refractivity contribution in [2.75, 3.05) is 24.6 Å². The number of aromatic nitrogens is 2. The maximum atomic E-state index is 11.9. The Kier molecular flexibility index (Phi) is 5.24. The number of anilines is 1. The Hall–Kier alpha value is -2.95. The SMILES string of the molecule is CCOC(=O)C1CCN(c2ccc3cc(-c4ccnc(C)c4)ccc3n2)CC1. The van der Waals surface area contributed by atoms with Gasteiger partial charge in [0, 0.05) is 30.4 Å². The Morgan fingerprint density at radius 2 is 1.89 bits per heavy atom. The van der Waals surface area contributed by atoms with E-state index in [1.807, 2.05) is 26.1 Å². The molecule has 2 aromatic heterocycles. The van der Waals surface area contributed by atoms with Crippen LogP contribution in [-0.2, 0) is 9.53 Å². The van der Waals surface area contributed by atoms with Crippen LogP contribution < -0.4 is 4.90 Å². The highest BCUT2D eigenvalue weighted by atomic mass is 16.5. The molecule has 0 saturated carbocycles. The number of hydrogen-bond acceptors (Lipinski definition) is 5. The number of piperidine rings is 1. The molecule has 0 aliphatic carbocycles. The number of carbonyl (C=O) groups is 1. The van der Waals surface area contributed by atoms with Gasteiger partial charge in [0.05, 0.1) is 18.0 Å². The van der Waals surface area contributed by atoms with Gasteiger partial charge in [0.2, 0.25) is 0 Å². The Morgan fingerprint density at radius 3 is 2.64 bits per heavy atom. The fourth-order valence-electron chi connectivity index (χ4n) is 3.80. The molecule has 28 heavy (non-hydrogen) atoms. The summed E-state index contributed by atoms with van der Waals surface area (Å²) in [4.78, 5) is 23.3. The van der Waals surface area contributed by atoms with Crippen LogP contribution in [0.25, 0.3) is 22.0 Å². The number of hydrogen-bond donors (Lipinski definition) is 0. The van der Waals surface area contributed by atoms with Crippen molar-refractivity contribution < 1.29 is 9.53 Å². The third kappa shape index (κ3) is 3.84. The van der Waals surface area contributed by atoms with E-state index in [1.54, 1.807) is 0 Å². The molecule has 0 spiro atoms. The molecule has 1 saturated heterocycles. The second-order valence-corrected chi connectivity index (χ2v) is 7.28. The highest BCUT2D eigenvalue weighted by Crippen LogP contribution is 2.27. The number of esters is 1.